The topological polar surface area (TPSA) is 45.2 Å². The van der Waals surface area contributed by atoms with Gasteiger partial charge in [-0.25, -0.2) is 0 Å². The Morgan fingerprint density at radius 1 is 1.00 bits per heavy atom. The van der Waals surface area contributed by atoms with Gasteiger partial charge in [-0.15, -0.1) is 0 Å². The molecular weight excluding hydrogens is 382 g/mol. The number of fused-ring (bicyclic) bond motifs is 2. The molecule has 0 atom stereocenters. The predicted octanol–water partition coefficient (Wildman–Crippen LogP) is 5.94. The number of hydrogen-bond acceptors (Lipinski definition) is 3. The number of anilines is 1. The van der Waals surface area contributed by atoms with Crippen molar-refractivity contribution in [2.75, 3.05) is 18.0 Å². The minimum absolute atomic E-state index is 0.0179. The lowest BCUT2D eigenvalue weighted by atomic mass is 9.97. The van der Waals surface area contributed by atoms with Crippen LogP contribution in [0.25, 0.3) is 21.9 Å². The maximum absolute atomic E-state index is 13.1. The van der Waals surface area contributed by atoms with Crippen LogP contribution < -0.4 is 10.2 Å². The van der Waals surface area contributed by atoms with Crippen molar-refractivity contribution in [3.05, 3.63) is 60.4 Å². The van der Waals surface area contributed by atoms with E-state index in [0.29, 0.717) is 0 Å². The van der Waals surface area contributed by atoms with E-state index in [2.05, 4.69) is 46.7 Å². The number of rotatable bonds is 2. The molecule has 0 spiro atoms. The summed E-state index contributed by atoms with van der Waals surface area (Å²) in [6.45, 7) is 6.55. The Bertz CT molecular complexity index is 1040. The minimum Gasteiger partial charge on any atom is -0.313 e. The number of amides is 1. The fraction of sp³-hybridized carbons (Fsp3) is 0.407. The van der Waals surface area contributed by atoms with Crippen molar-refractivity contribution >= 4 is 22.4 Å². The highest BCUT2D eigenvalue weighted by atomic mass is 16.2. The van der Waals surface area contributed by atoms with Crippen LogP contribution in [0, 0.1) is 5.92 Å². The maximum atomic E-state index is 13.1. The molecule has 1 aliphatic heterocycles. The van der Waals surface area contributed by atoms with Crippen LogP contribution in [0.5, 0.6) is 0 Å². The second-order valence-corrected chi connectivity index (χ2v) is 8.84. The molecule has 0 aliphatic carbocycles. The van der Waals surface area contributed by atoms with Crippen LogP contribution >= 0.6 is 0 Å². The molecule has 0 radical (unpaired) electrons. The van der Waals surface area contributed by atoms with Crippen molar-refractivity contribution in [2.24, 2.45) is 5.92 Å². The van der Waals surface area contributed by atoms with E-state index in [1.807, 2.05) is 37.2 Å². The Hall–Kier alpha value is -2.72. The molecule has 4 nitrogen and oxygen atoms in total. The normalized spacial score (nSPS) is 15.9. The molecule has 0 unspecified atom stereocenters. The molecule has 1 aliphatic rings. The van der Waals surface area contributed by atoms with Crippen molar-refractivity contribution in [3.63, 3.8) is 0 Å². The SMILES string of the molecule is CC(C)C(=O)N1CCCCCCCNCc2cc(-c3cncc4ccccc34)ccc21. The van der Waals surface area contributed by atoms with E-state index in [9.17, 15) is 4.79 Å². The first-order valence-electron chi connectivity index (χ1n) is 11.6. The third-order valence-corrected chi connectivity index (χ3v) is 6.16. The Balaban J connectivity index is 1.78. The van der Waals surface area contributed by atoms with Crippen LogP contribution in [-0.4, -0.2) is 24.0 Å². The molecule has 1 amide bonds. The van der Waals surface area contributed by atoms with Gasteiger partial charge in [0, 0.05) is 48.0 Å². The van der Waals surface area contributed by atoms with Crippen LogP contribution in [0.1, 0.15) is 51.5 Å². The smallest absolute Gasteiger partial charge is 0.229 e. The molecule has 2 heterocycles. The van der Waals surface area contributed by atoms with Gasteiger partial charge in [-0.2, -0.15) is 0 Å². The standard InChI is InChI=1S/C27H33N3O/c1-20(2)27(31)30-15-9-5-3-4-8-14-28-18-23-16-21(12-13-26(23)30)25-19-29-17-22-10-6-7-11-24(22)25/h6-7,10-13,16-17,19-20,28H,3-5,8-9,14-15,18H2,1-2H3. The summed E-state index contributed by atoms with van der Waals surface area (Å²) in [7, 11) is 0. The Kier molecular flexibility index (Phi) is 6.98. The molecule has 0 saturated carbocycles. The summed E-state index contributed by atoms with van der Waals surface area (Å²) in [4.78, 5) is 19.6. The molecule has 162 valence electrons. The predicted molar refractivity (Wildman–Crippen MR) is 129 cm³/mol. The molecule has 1 aromatic heterocycles. The van der Waals surface area contributed by atoms with Crippen LogP contribution in [0.4, 0.5) is 5.69 Å². The Labute approximate surface area is 185 Å². The lowest BCUT2D eigenvalue weighted by Gasteiger charge is -2.28. The minimum atomic E-state index is -0.0179. The molecule has 0 bridgehead atoms. The fourth-order valence-electron chi connectivity index (χ4n) is 4.44. The summed E-state index contributed by atoms with van der Waals surface area (Å²) >= 11 is 0. The van der Waals surface area contributed by atoms with Gasteiger partial charge in [0.15, 0.2) is 0 Å². The first-order valence-corrected chi connectivity index (χ1v) is 11.6. The number of nitrogens with zero attached hydrogens (tertiary/aromatic N) is 2. The average Bonchev–Trinajstić information content (AvgIpc) is 2.78. The number of carbonyl (C=O) groups is 1. The lowest BCUT2D eigenvalue weighted by molar-refractivity contribution is -0.121. The van der Waals surface area contributed by atoms with E-state index in [1.54, 1.807) is 0 Å². The zero-order valence-electron chi connectivity index (χ0n) is 18.7. The highest BCUT2D eigenvalue weighted by molar-refractivity contribution is 5.98. The van der Waals surface area contributed by atoms with Crippen molar-refractivity contribution in [3.8, 4) is 11.1 Å². The zero-order valence-corrected chi connectivity index (χ0v) is 18.7. The van der Waals surface area contributed by atoms with Crippen LogP contribution in [0.3, 0.4) is 0 Å². The molecule has 1 N–H and O–H groups in total. The second-order valence-electron chi connectivity index (χ2n) is 8.84. The van der Waals surface area contributed by atoms with Gasteiger partial charge in [0.25, 0.3) is 0 Å². The summed E-state index contributed by atoms with van der Waals surface area (Å²) in [6.07, 6.45) is 9.79. The quantitative estimate of drug-likeness (QED) is 0.563. The molecule has 2 aromatic carbocycles. The van der Waals surface area contributed by atoms with E-state index in [4.69, 9.17) is 0 Å². The molecule has 3 aromatic rings. The molecule has 31 heavy (non-hydrogen) atoms. The lowest BCUT2D eigenvalue weighted by Crippen LogP contribution is -2.36. The summed E-state index contributed by atoms with van der Waals surface area (Å²) in [5.41, 5.74) is 4.51. The summed E-state index contributed by atoms with van der Waals surface area (Å²) in [5, 5.41) is 5.95. The number of benzene rings is 2. The van der Waals surface area contributed by atoms with Crippen molar-refractivity contribution in [1.29, 1.82) is 0 Å². The van der Waals surface area contributed by atoms with Gasteiger partial charge < -0.3 is 10.2 Å². The monoisotopic (exact) mass is 415 g/mol. The molecular formula is C27H33N3O. The number of hydrogen-bond donors (Lipinski definition) is 1. The third kappa shape index (κ3) is 4.96. The number of pyridine rings is 1. The van der Waals surface area contributed by atoms with Gasteiger partial charge >= 0.3 is 0 Å². The molecule has 4 rings (SSSR count). The van der Waals surface area contributed by atoms with E-state index < -0.39 is 0 Å². The first kappa shape index (κ1) is 21.5. The van der Waals surface area contributed by atoms with Crippen LogP contribution in [-0.2, 0) is 11.3 Å². The summed E-state index contributed by atoms with van der Waals surface area (Å²) < 4.78 is 0. The number of carbonyl (C=O) groups excluding carboxylic acids is 1. The molecule has 4 heteroatoms. The van der Waals surface area contributed by atoms with Gasteiger partial charge in [-0.1, -0.05) is 63.4 Å². The Morgan fingerprint density at radius 3 is 2.68 bits per heavy atom. The van der Waals surface area contributed by atoms with Gasteiger partial charge in [0.2, 0.25) is 5.91 Å². The van der Waals surface area contributed by atoms with E-state index in [1.165, 1.54) is 36.6 Å². The van der Waals surface area contributed by atoms with Gasteiger partial charge in [-0.05, 0) is 48.0 Å². The summed E-state index contributed by atoms with van der Waals surface area (Å²) in [6, 6.07) is 14.9. The van der Waals surface area contributed by atoms with Crippen LogP contribution in [0.2, 0.25) is 0 Å². The highest BCUT2D eigenvalue weighted by Gasteiger charge is 2.22. The second kappa shape index (κ2) is 10.1. The van der Waals surface area contributed by atoms with Gasteiger partial charge in [0.1, 0.15) is 0 Å². The van der Waals surface area contributed by atoms with E-state index >= 15 is 0 Å². The van der Waals surface area contributed by atoms with Crippen molar-refractivity contribution < 1.29 is 4.79 Å². The van der Waals surface area contributed by atoms with E-state index in [0.717, 1.165) is 48.3 Å². The first-order chi connectivity index (χ1) is 15.1. The van der Waals surface area contributed by atoms with E-state index in [-0.39, 0.29) is 11.8 Å². The molecule has 0 fully saturated rings. The number of nitrogens with one attached hydrogen (secondary N) is 1. The fourth-order valence-corrected chi connectivity index (χ4v) is 4.44. The average molecular weight is 416 g/mol. The van der Waals surface area contributed by atoms with Gasteiger partial charge in [0.05, 0.1) is 0 Å². The van der Waals surface area contributed by atoms with Crippen LogP contribution in [0.15, 0.2) is 54.9 Å². The maximum Gasteiger partial charge on any atom is 0.229 e. The molecule has 0 saturated heterocycles. The van der Waals surface area contributed by atoms with Gasteiger partial charge in [-0.3, -0.25) is 9.78 Å². The Morgan fingerprint density at radius 2 is 1.81 bits per heavy atom. The number of aromatic nitrogens is 1. The third-order valence-electron chi connectivity index (χ3n) is 6.16. The largest absolute Gasteiger partial charge is 0.313 e. The van der Waals surface area contributed by atoms with Crippen molar-refractivity contribution in [1.82, 2.24) is 10.3 Å². The highest BCUT2D eigenvalue weighted by Crippen LogP contribution is 2.32. The van der Waals surface area contributed by atoms with Crippen molar-refractivity contribution in [2.45, 2.75) is 52.5 Å². The zero-order chi connectivity index (χ0) is 21.6. The summed E-state index contributed by atoms with van der Waals surface area (Å²) in [5.74, 6) is 0.188.